The smallest absolute Gasteiger partial charge is 0.117 e. The monoisotopic (exact) mass is 211 g/mol. The van der Waals surface area contributed by atoms with Gasteiger partial charge in [0.2, 0.25) is 0 Å². The van der Waals surface area contributed by atoms with Crippen molar-refractivity contribution in [2.45, 2.75) is 18.7 Å². The average molecular weight is 211 g/mol. The summed E-state index contributed by atoms with van der Waals surface area (Å²) in [5.74, 6) is 3.02. The van der Waals surface area contributed by atoms with E-state index in [9.17, 15) is 0 Å². The van der Waals surface area contributed by atoms with E-state index in [1.54, 1.807) is 11.8 Å². The van der Waals surface area contributed by atoms with Crippen LogP contribution in [0, 0.1) is 0 Å². The van der Waals surface area contributed by atoms with Crippen molar-refractivity contribution in [2.75, 3.05) is 12.8 Å². The average Bonchev–Trinajstić information content (AvgIpc) is 2.61. The van der Waals surface area contributed by atoms with Crippen molar-refractivity contribution in [3.8, 4) is 0 Å². The molecule has 14 heavy (non-hydrogen) atoms. The highest BCUT2D eigenvalue weighted by atomic mass is 32.2. The maximum atomic E-state index is 5.60. The van der Waals surface area contributed by atoms with Crippen LogP contribution < -0.4 is 5.32 Å². The quantitative estimate of drug-likeness (QED) is 0.554. The molecule has 0 atom stereocenters. The molecule has 0 aliphatic heterocycles. The maximum Gasteiger partial charge on any atom is 0.117 e. The third-order valence-corrected chi connectivity index (χ3v) is 2.40. The van der Waals surface area contributed by atoms with Crippen molar-refractivity contribution in [2.24, 2.45) is 0 Å². The van der Waals surface area contributed by atoms with Crippen molar-refractivity contribution in [1.82, 2.24) is 5.32 Å². The second-order valence-electron chi connectivity index (χ2n) is 3.06. The van der Waals surface area contributed by atoms with Crippen LogP contribution in [0.2, 0.25) is 0 Å². The Labute approximate surface area is 89.8 Å². The van der Waals surface area contributed by atoms with Crippen molar-refractivity contribution in [3.63, 3.8) is 0 Å². The topological polar surface area (TPSA) is 25.2 Å². The van der Waals surface area contributed by atoms with Crippen molar-refractivity contribution in [3.05, 3.63) is 36.3 Å². The first-order chi connectivity index (χ1) is 6.86. The van der Waals surface area contributed by atoms with Crippen molar-refractivity contribution < 1.29 is 4.42 Å². The van der Waals surface area contributed by atoms with Gasteiger partial charge in [-0.2, -0.15) is 11.8 Å². The van der Waals surface area contributed by atoms with Gasteiger partial charge in [-0.15, -0.1) is 6.58 Å². The molecule has 1 heterocycles. The standard InChI is InChI=1S/C11H17NOS/c1-3-4-7-12-8-10-5-6-11(13-10)9-14-2/h3,5-6,12H,1,4,7-9H2,2H3. The van der Waals surface area contributed by atoms with Gasteiger partial charge < -0.3 is 9.73 Å². The Hall–Kier alpha value is -0.670. The van der Waals surface area contributed by atoms with Crippen LogP contribution in [0.25, 0.3) is 0 Å². The van der Waals surface area contributed by atoms with Gasteiger partial charge in [0.25, 0.3) is 0 Å². The molecule has 0 aliphatic rings. The fourth-order valence-corrected chi connectivity index (χ4v) is 1.59. The van der Waals surface area contributed by atoms with Crippen LogP contribution in [-0.2, 0) is 12.3 Å². The van der Waals surface area contributed by atoms with Gasteiger partial charge in [-0.25, -0.2) is 0 Å². The summed E-state index contributed by atoms with van der Waals surface area (Å²) in [5.41, 5.74) is 0. The second-order valence-corrected chi connectivity index (χ2v) is 3.92. The molecule has 1 N–H and O–H groups in total. The zero-order valence-electron chi connectivity index (χ0n) is 8.58. The molecule has 1 aromatic rings. The van der Waals surface area contributed by atoms with Crippen LogP contribution in [0.15, 0.2) is 29.2 Å². The van der Waals surface area contributed by atoms with Gasteiger partial charge in [0, 0.05) is 0 Å². The van der Waals surface area contributed by atoms with E-state index >= 15 is 0 Å². The van der Waals surface area contributed by atoms with Gasteiger partial charge in [-0.05, 0) is 31.4 Å². The highest BCUT2D eigenvalue weighted by Gasteiger charge is 1.99. The third-order valence-electron chi connectivity index (χ3n) is 1.83. The van der Waals surface area contributed by atoms with Crippen molar-refractivity contribution in [1.29, 1.82) is 0 Å². The normalized spacial score (nSPS) is 10.4. The first kappa shape index (κ1) is 11.4. The van der Waals surface area contributed by atoms with Crippen LogP contribution in [0.3, 0.4) is 0 Å². The highest BCUT2D eigenvalue weighted by Crippen LogP contribution is 2.12. The Morgan fingerprint density at radius 1 is 1.50 bits per heavy atom. The molecule has 0 saturated heterocycles. The third kappa shape index (κ3) is 4.03. The molecule has 0 bridgehead atoms. The first-order valence-corrected chi connectivity index (χ1v) is 6.14. The Morgan fingerprint density at radius 3 is 3.00 bits per heavy atom. The van der Waals surface area contributed by atoms with Gasteiger partial charge >= 0.3 is 0 Å². The summed E-state index contributed by atoms with van der Waals surface area (Å²) in [6.07, 6.45) is 4.98. The Morgan fingerprint density at radius 2 is 2.29 bits per heavy atom. The molecule has 0 unspecified atom stereocenters. The molecule has 0 aliphatic carbocycles. The lowest BCUT2D eigenvalue weighted by atomic mass is 10.4. The molecule has 0 amide bonds. The van der Waals surface area contributed by atoms with E-state index in [1.807, 2.05) is 18.2 Å². The number of nitrogens with one attached hydrogen (secondary N) is 1. The molecule has 0 saturated carbocycles. The van der Waals surface area contributed by atoms with Gasteiger partial charge in [0.1, 0.15) is 11.5 Å². The Kier molecular flexibility index (Phi) is 5.49. The number of hydrogen-bond acceptors (Lipinski definition) is 3. The molecule has 1 aromatic heterocycles. The van der Waals surface area contributed by atoms with Crippen LogP contribution in [0.5, 0.6) is 0 Å². The molecule has 0 radical (unpaired) electrons. The van der Waals surface area contributed by atoms with E-state index in [1.165, 1.54) is 0 Å². The molecule has 78 valence electrons. The molecule has 0 fully saturated rings. The number of rotatable bonds is 7. The summed E-state index contributed by atoms with van der Waals surface area (Å²) in [6.45, 7) is 5.44. The van der Waals surface area contributed by atoms with Gasteiger partial charge in [0.15, 0.2) is 0 Å². The summed E-state index contributed by atoms with van der Waals surface area (Å²) >= 11 is 1.77. The first-order valence-electron chi connectivity index (χ1n) is 4.75. The fourth-order valence-electron chi connectivity index (χ4n) is 1.15. The Balaban J connectivity index is 2.25. The largest absolute Gasteiger partial charge is 0.464 e. The van der Waals surface area contributed by atoms with Crippen LogP contribution in [0.4, 0.5) is 0 Å². The van der Waals surface area contributed by atoms with Gasteiger partial charge in [-0.3, -0.25) is 0 Å². The fraction of sp³-hybridized carbons (Fsp3) is 0.455. The minimum absolute atomic E-state index is 0.808. The molecular weight excluding hydrogens is 194 g/mol. The van der Waals surface area contributed by atoms with Gasteiger partial charge in [-0.1, -0.05) is 6.08 Å². The lowest BCUT2D eigenvalue weighted by Crippen LogP contribution is -2.13. The molecule has 0 spiro atoms. The maximum absolute atomic E-state index is 5.60. The van der Waals surface area contributed by atoms with Crippen molar-refractivity contribution >= 4 is 11.8 Å². The molecular formula is C11H17NOS. The lowest BCUT2D eigenvalue weighted by Gasteiger charge is -1.99. The predicted octanol–water partition coefficient (Wildman–Crippen LogP) is 2.81. The zero-order chi connectivity index (χ0) is 10.2. The number of furan rings is 1. The van der Waals surface area contributed by atoms with E-state index in [-0.39, 0.29) is 0 Å². The van der Waals surface area contributed by atoms with Crippen LogP contribution >= 0.6 is 11.8 Å². The predicted molar refractivity (Wildman–Crippen MR) is 62.4 cm³/mol. The molecule has 2 nitrogen and oxygen atoms in total. The van der Waals surface area contributed by atoms with Crippen LogP contribution in [0.1, 0.15) is 17.9 Å². The van der Waals surface area contributed by atoms with Gasteiger partial charge in [0.05, 0.1) is 12.3 Å². The minimum Gasteiger partial charge on any atom is -0.464 e. The lowest BCUT2D eigenvalue weighted by molar-refractivity contribution is 0.461. The molecule has 1 rings (SSSR count). The summed E-state index contributed by atoms with van der Waals surface area (Å²) in [7, 11) is 0. The second kappa shape index (κ2) is 6.74. The number of hydrogen-bond donors (Lipinski definition) is 1. The van der Waals surface area contributed by atoms with E-state index in [4.69, 9.17) is 4.42 Å². The summed E-state index contributed by atoms with van der Waals surface area (Å²) in [6, 6.07) is 4.08. The summed E-state index contributed by atoms with van der Waals surface area (Å²) in [5, 5.41) is 3.29. The number of thioether (sulfide) groups is 1. The highest BCUT2D eigenvalue weighted by molar-refractivity contribution is 7.97. The SMILES string of the molecule is C=CCCNCc1ccc(CSC)o1. The minimum atomic E-state index is 0.808. The summed E-state index contributed by atoms with van der Waals surface area (Å²) < 4.78 is 5.60. The zero-order valence-corrected chi connectivity index (χ0v) is 9.40. The van der Waals surface area contributed by atoms with E-state index < -0.39 is 0 Å². The van der Waals surface area contributed by atoms with E-state index in [0.29, 0.717) is 0 Å². The Bertz CT molecular complexity index is 270. The van der Waals surface area contributed by atoms with E-state index in [2.05, 4.69) is 18.2 Å². The summed E-state index contributed by atoms with van der Waals surface area (Å²) in [4.78, 5) is 0. The van der Waals surface area contributed by atoms with E-state index in [0.717, 1.165) is 36.8 Å². The molecule has 0 aromatic carbocycles. The molecule has 3 heteroatoms. The van der Waals surface area contributed by atoms with Crippen LogP contribution in [-0.4, -0.2) is 12.8 Å².